The van der Waals surface area contributed by atoms with E-state index in [0.29, 0.717) is 25.4 Å². The fourth-order valence-electron chi connectivity index (χ4n) is 5.31. The van der Waals surface area contributed by atoms with Crippen LogP contribution in [0.5, 0.6) is 0 Å². The molecular formula is C22H31N3O3. The van der Waals surface area contributed by atoms with Crippen molar-refractivity contribution in [3.05, 3.63) is 35.9 Å². The monoisotopic (exact) mass is 385 g/mol. The zero-order valence-corrected chi connectivity index (χ0v) is 16.8. The second-order valence-electron chi connectivity index (χ2n) is 9.65. The van der Waals surface area contributed by atoms with E-state index in [1.807, 2.05) is 11.0 Å². The third-order valence-electron chi connectivity index (χ3n) is 7.17. The molecule has 0 radical (unpaired) electrons. The molecule has 1 aromatic rings. The van der Waals surface area contributed by atoms with Crippen LogP contribution in [0.1, 0.15) is 51.0 Å². The highest BCUT2D eigenvalue weighted by atomic mass is 16.5. The maximum absolute atomic E-state index is 13.3. The number of likely N-dealkylation sites (tertiary alicyclic amines) is 1. The molecule has 4 rings (SSSR count). The minimum atomic E-state index is -0.553. The zero-order valence-electron chi connectivity index (χ0n) is 16.8. The molecule has 152 valence electrons. The smallest absolute Gasteiger partial charge is 0.248 e. The lowest BCUT2D eigenvalue weighted by Gasteiger charge is -2.46. The van der Waals surface area contributed by atoms with Crippen LogP contribution in [-0.2, 0) is 9.59 Å². The average Bonchev–Trinajstić information content (AvgIpc) is 3.45. The molecule has 1 aromatic carbocycles. The largest absolute Gasteiger partial charge is 0.341 e. The number of amides is 2. The Kier molecular flexibility index (Phi) is 4.96. The topological polar surface area (TPSA) is 81.7 Å². The van der Waals surface area contributed by atoms with Gasteiger partial charge in [0.1, 0.15) is 0 Å². The minimum Gasteiger partial charge on any atom is -0.341 e. The number of carbonyl (C=O) groups is 2. The number of nitrogens with one attached hydrogen (secondary N) is 2. The number of hydrogen-bond acceptors (Lipinski definition) is 4. The summed E-state index contributed by atoms with van der Waals surface area (Å²) in [6.45, 7) is 6.58. The van der Waals surface area contributed by atoms with Crippen molar-refractivity contribution in [3.8, 4) is 0 Å². The molecule has 2 aliphatic heterocycles. The minimum absolute atomic E-state index is 0.0105. The van der Waals surface area contributed by atoms with Gasteiger partial charge < -0.3 is 10.2 Å². The molecule has 6 heteroatoms. The van der Waals surface area contributed by atoms with Crippen LogP contribution in [0.4, 0.5) is 0 Å². The van der Waals surface area contributed by atoms with Gasteiger partial charge in [0.15, 0.2) is 0 Å². The van der Waals surface area contributed by atoms with Crippen molar-refractivity contribution in [2.45, 2.75) is 51.5 Å². The van der Waals surface area contributed by atoms with Gasteiger partial charge in [-0.2, -0.15) is 0 Å². The molecule has 2 saturated heterocycles. The molecule has 3 fully saturated rings. The SMILES string of the molecule is CC1(C)CN(C(=O)C2NCC3(CC3)CC2C(=O)NO)CCC1c1ccccc1. The maximum Gasteiger partial charge on any atom is 0.248 e. The summed E-state index contributed by atoms with van der Waals surface area (Å²) in [4.78, 5) is 27.5. The molecule has 3 atom stereocenters. The van der Waals surface area contributed by atoms with E-state index in [1.165, 1.54) is 5.56 Å². The van der Waals surface area contributed by atoms with Gasteiger partial charge in [-0.25, -0.2) is 5.48 Å². The molecule has 1 aliphatic carbocycles. The van der Waals surface area contributed by atoms with Gasteiger partial charge in [-0.05, 0) is 48.0 Å². The van der Waals surface area contributed by atoms with Crippen LogP contribution in [0.2, 0.25) is 0 Å². The van der Waals surface area contributed by atoms with Gasteiger partial charge >= 0.3 is 0 Å². The van der Waals surface area contributed by atoms with Gasteiger partial charge in [0.2, 0.25) is 11.8 Å². The molecule has 0 aromatic heterocycles. The van der Waals surface area contributed by atoms with E-state index in [2.05, 4.69) is 43.4 Å². The first-order chi connectivity index (χ1) is 13.4. The lowest BCUT2D eigenvalue weighted by molar-refractivity contribution is -0.146. The first kappa shape index (κ1) is 19.4. The Hall–Kier alpha value is -1.92. The first-order valence-electron chi connectivity index (χ1n) is 10.4. The summed E-state index contributed by atoms with van der Waals surface area (Å²) in [5.74, 6) is -0.564. The Bertz CT molecular complexity index is 745. The number of rotatable bonds is 3. The highest BCUT2D eigenvalue weighted by molar-refractivity contribution is 5.90. The van der Waals surface area contributed by atoms with E-state index < -0.39 is 17.9 Å². The Balaban J connectivity index is 1.48. The fraction of sp³-hybridized carbons (Fsp3) is 0.636. The summed E-state index contributed by atoms with van der Waals surface area (Å²) < 4.78 is 0. The van der Waals surface area contributed by atoms with E-state index >= 15 is 0 Å². The molecule has 1 saturated carbocycles. The summed E-state index contributed by atoms with van der Waals surface area (Å²) in [6, 6.07) is 9.96. The van der Waals surface area contributed by atoms with Crippen molar-refractivity contribution in [1.82, 2.24) is 15.7 Å². The molecule has 3 unspecified atom stereocenters. The average molecular weight is 386 g/mol. The molecule has 3 N–H and O–H groups in total. The normalized spacial score (nSPS) is 30.7. The fourth-order valence-corrected chi connectivity index (χ4v) is 5.31. The molecule has 3 aliphatic rings. The van der Waals surface area contributed by atoms with Gasteiger partial charge in [-0.15, -0.1) is 0 Å². The van der Waals surface area contributed by atoms with Crippen LogP contribution in [0.15, 0.2) is 30.3 Å². The highest BCUT2D eigenvalue weighted by Gasteiger charge is 2.53. The summed E-state index contributed by atoms with van der Waals surface area (Å²) in [5, 5.41) is 12.5. The van der Waals surface area contributed by atoms with Crippen molar-refractivity contribution < 1.29 is 14.8 Å². The zero-order chi connectivity index (χ0) is 19.9. The number of piperidine rings is 2. The van der Waals surface area contributed by atoms with Gasteiger partial charge in [0.25, 0.3) is 0 Å². The molecule has 6 nitrogen and oxygen atoms in total. The van der Waals surface area contributed by atoms with Crippen molar-refractivity contribution >= 4 is 11.8 Å². The number of hydrogen-bond donors (Lipinski definition) is 3. The molecular weight excluding hydrogens is 354 g/mol. The molecule has 28 heavy (non-hydrogen) atoms. The molecule has 1 spiro atoms. The Morgan fingerprint density at radius 2 is 1.93 bits per heavy atom. The van der Waals surface area contributed by atoms with Crippen LogP contribution in [0.3, 0.4) is 0 Å². The Labute approximate surface area is 166 Å². The lowest BCUT2D eigenvalue weighted by Crippen LogP contribution is -2.60. The van der Waals surface area contributed by atoms with Crippen LogP contribution >= 0.6 is 0 Å². The van der Waals surface area contributed by atoms with E-state index in [1.54, 1.807) is 5.48 Å². The van der Waals surface area contributed by atoms with Crippen molar-refractivity contribution in [2.24, 2.45) is 16.7 Å². The predicted molar refractivity (Wildman–Crippen MR) is 106 cm³/mol. The summed E-state index contributed by atoms with van der Waals surface area (Å²) in [6.07, 6.45) is 3.76. The summed E-state index contributed by atoms with van der Waals surface area (Å²) in [7, 11) is 0. The highest BCUT2D eigenvalue weighted by Crippen LogP contribution is 2.53. The standard InChI is InChI=1S/C22H31N3O3/c1-21(2)14-25(11-8-17(21)15-6-4-3-5-7-15)20(27)18-16(19(26)24-28)12-22(9-10-22)13-23-18/h3-7,16-18,23,28H,8-14H2,1-2H3,(H,24,26). The van der Waals surface area contributed by atoms with Gasteiger partial charge in [-0.1, -0.05) is 44.2 Å². The summed E-state index contributed by atoms with van der Waals surface area (Å²) in [5.41, 5.74) is 3.21. The quantitative estimate of drug-likeness (QED) is 0.551. The third kappa shape index (κ3) is 3.55. The second-order valence-corrected chi connectivity index (χ2v) is 9.65. The lowest BCUT2D eigenvalue weighted by atomic mass is 9.70. The Morgan fingerprint density at radius 3 is 2.54 bits per heavy atom. The molecule has 2 amide bonds. The van der Waals surface area contributed by atoms with Crippen LogP contribution in [0.25, 0.3) is 0 Å². The number of benzene rings is 1. The number of carbonyl (C=O) groups excluding carboxylic acids is 2. The van der Waals surface area contributed by atoms with Gasteiger partial charge in [0, 0.05) is 19.6 Å². The van der Waals surface area contributed by atoms with Gasteiger partial charge in [0.05, 0.1) is 12.0 Å². The van der Waals surface area contributed by atoms with Gasteiger partial charge in [-0.3, -0.25) is 14.8 Å². The molecule has 0 bridgehead atoms. The van der Waals surface area contributed by atoms with Crippen molar-refractivity contribution in [2.75, 3.05) is 19.6 Å². The number of hydroxylamine groups is 1. The molecule has 2 heterocycles. The van der Waals surface area contributed by atoms with E-state index in [-0.39, 0.29) is 16.7 Å². The Morgan fingerprint density at radius 1 is 1.21 bits per heavy atom. The summed E-state index contributed by atoms with van der Waals surface area (Å²) >= 11 is 0. The second kappa shape index (κ2) is 7.16. The van der Waals surface area contributed by atoms with Crippen LogP contribution in [-0.4, -0.2) is 47.6 Å². The van der Waals surface area contributed by atoms with Crippen molar-refractivity contribution in [1.29, 1.82) is 0 Å². The van der Waals surface area contributed by atoms with E-state index in [9.17, 15) is 14.8 Å². The third-order valence-corrected chi connectivity index (χ3v) is 7.17. The predicted octanol–water partition coefficient (Wildman–Crippen LogP) is 2.29. The maximum atomic E-state index is 13.3. The first-order valence-corrected chi connectivity index (χ1v) is 10.4. The number of nitrogens with zero attached hydrogens (tertiary/aromatic N) is 1. The van der Waals surface area contributed by atoms with E-state index in [0.717, 1.165) is 25.8 Å². The van der Waals surface area contributed by atoms with Crippen LogP contribution in [0, 0.1) is 16.7 Å². The van der Waals surface area contributed by atoms with Crippen LogP contribution < -0.4 is 10.8 Å². The van der Waals surface area contributed by atoms with Crippen molar-refractivity contribution in [3.63, 3.8) is 0 Å². The van der Waals surface area contributed by atoms with E-state index in [4.69, 9.17) is 0 Å².